The number of ether oxygens (including phenoxy) is 1. The van der Waals surface area contributed by atoms with Crippen molar-refractivity contribution in [2.75, 3.05) is 0 Å². The van der Waals surface area contributed by atoms with Gasteiger partial charge >= 0.3 is 11.7 Å². The molecule has 7 heteroatoms. The number of aromatic carboxylic acids is 1. The first-order valence-electron chi connectivity index (χ1n) is 5.44. The van der Waals surface area contributed by atoms with Gasteiger partial charge in [0.25, 0.3) is 0 Å². The standard InChI is InChI=1S/C13H8FNO5/c14-8-4-3-7-11(12(8)13(16)17)20-10-6-2-1-5-9(10)15(18)19/h1-7H,(H,16,17). The molecular formula is C13H8FNO5. The van der Waals surface area contributed by atoms with Crippen molar-refractivity contribution >= 4 is 11.7 Å². The summed E-state index contributed by atoms with van der Waals surface area (Å²) >= 11 is 0. The van der Waals surface area contributed by atoms with Crippen LogP contribution in [0, 0.1) is 15.9 Å². The van der Waals surface area contributed by atoms with Gasteiger partial charge in [-0.05, 0) is 18.2 Å². The number of nitro groups is 1. The predicted octanol–water partition coefficient (Wildman–Crippen LogP) is 3.22. The van der Waals surface area contributed by atoms with E-state index < -0.39 is 22.3 Å². The highest BCUT2D eigenvalue weighted by Crippen LogP contribution is 2.33. The first-order valence-corrected chi connectivity index (χ1v) is 5.44. The molecule has 2 rings (SSSR count). The molecule has 0 spiro atoms. The number of carboxylic acid groups (broad SMARTS) is 1. The van der Waals surface area contributed by atoms with Crippen LogP contribution in [0.1, 0.15) is 10.4 Å². The van der Waals surface area contributed by atoms with Crippen molar-refractivity contribution in [3.63, 3.8) is 0 Å². The van der Waals surface area contributed by atoms with Crippen LogP contribution in [0.5, 0.6) is 11.5 Å². The molecule has 6 nitrogen and oxygen atoms in total. The fourth-order valence-electron chi connectivity index (χ4n) is 1.61. The monoisotopic (exact) mass is 277 g/mol. The molecule has 0 saturated heterocycles. The SMILES string of the molecule is O=C(O)c1c(F)cccc1Oc1ccccc1[N+](=O)[O-]. The van der Waals surface area contributed by atoms with Crippen LogP contribution >= 0.6 is 0 Å². The molecule has 0 aliphatic rings. The quantitative estimate of drug-likeness (QED) is 0.684. The van der Waals surface area contributed by atoms with Crippen molar-refractivity contribution in [1.29, 1.82) is 0 Å². The summed E-state index contributed by atoms with van der Waals surface area (Å²) in [7, 11) is 0. The smallest absolute Gasteiger partial charge is 0.342 e. The van der Waals surface area contributed by atoms with Gasteiger partial charge in [0.2, 0.25) is 5.75 Å². The number of nitrogens with zero attached hydrogens (tertiary/aromatic N) is 1. The largest absolute Gasteiger partial charge is 0.477 e. The van der Waals surface area contributed by atoms with E-state index in [1.807, 2.05) is 0 Å². The Morgan fingerprint density at radius 3 is 2.45 bits per heavy atom. The van der Waals surface area contributed by atoms with Crippen molar-refractivity contribution in [1.82, 2.24) is 0 Å². The molecule has 0 fully saturated rings. The van der Waals surface area contributed by atoms with Crippen LogP contribution in [-0.2, 0) is 0 Å². The Labute approximate surface area is 112 Å². The second kappa shape index (κ2) is 5.35. The van der Waals surface area contributed by atoms with E-state index in [0.717, 1.165) is 6.07 Å². The van der Waals surface area contributed by atoms with Crippen LogP contribution in [-0.4, -0.2) is 16.0 Å². The van der Waals surface area contributed by atoms with Gasteiger partial charge in [0, 0.05) is 6.07 Å². The van der Waals surface area contributed by atoms with Crippen molar-refractivity contribution in [2.24, 2.45) is 0 Å². The lowest BCUT2D eigenvalue weighted by Crippen LogP contribution is -2.04. The topological polar surface area (TPSA) is 89.7 Å². The van der Waals surface area contributed by atoms with E-state index in [0.29, 0.717) is 0 Å². The number of rotatable bonds is 4. The average Bonchev–Trinajstić information content (AvgIpc) is 2.38. The van der Waals surface area contributed by atoms with E-state index in [1.54, 1.807) is 0 Å². The van der Waals surface area contributed by atoms with Gasteiger partial charge in [-0.15, -0.1) is 0 Å². The van der Waals surface area contributed by atoms with Gasteiger partial charge in [-0.1, -0.05) is 18.2 Å². The highest BCUT2D eigenvalue weighted by Gasteiger charge is 2.20. The van der Waals surface area contributed by atoms with Crippen molar-refractivity contribution in [3.05, 3.63) is 64.0 Å². The van der Waals surface area contributed by atoms with E-state index >= 15 is 0 Å². The number of hydrogen-bond donors (Lipinski definition) is 1. The van der Waals surface area contributed by atoms with Gasteiger partial charge in [0.15, 0.2) is 0 Å². The summed E-state index contributed by atoms with van der Waals surface area (Å²) in [5, 5.41) is 19.8. The predicted molar refractivity (Wildman–Crippen MR) is 66.5 cm³/mol. The molecule has 20 heavy (non-hydrogen) atoms. The second-order valence-corrected chi connectivity index (χ2v) is 3.75. The maximum absolute atomic E-state index is 13.5. The van der Waals surface area contributed by atoms with Crippen molar-refractivity contribution in [3.8, 4) is 11.5 Å². The molecule has 0 amide bonds. The van der Waals surface area contributed by atoms with Gasteiger partial charge < -0.3 is 9.84 Å². The fraction of sp³-hybridized carbons (Fsp3) is 0. The zero-order chi connectivity index (χ0) is 14.7. The zero-order valence-electron chi connectivity index (χ0n) is 9.95. The average molecular weight is 277 g/mol. The van der Waals surface area contributed by atoms with Crippen LogP contribution in [0.25, 0.3) is 0 Å². The summed E-state index contributed by atoms with van der Waals surface area (Å²) in [6.07, 6.45) is 0. The Kier molecular flexibility index (Phi) is 3.60. The Bertz CT molecular complexity index is 686. The maximum Gasteiger partial charge on any atom is 0.342 e. The Hall–Kier alpha value is -2.96. The molecular weight excluding hydrogens is 269 g/mol. The summed E-state index contributed by atoms with van der Waals surface area (Å²) in [6.45, 7) is 0. The molecule has 0 radical (unpaired) electrons. The molecule has 0 aromatic heterocycles. The molecule has 1 N–H and O–H groups in total. The van der Waals surface area contributed by atoms with E-state index in [1.165, 1.54) is 36.4 Å². The van der Waals surface area contributed by atoms with E-state index in [9.17, 15) is 19.3 Å². The highest BCUT2D eigenvalue weighted by molar-refractivity contribution is 5.91. The molecule has 0 aliphatic carbocycles. The van der Waals surface area contributed by atoms with Gasteiger partial charge in [-0.2, -0.15) is 0 Å². The van der Waals surface area contributed by atoms with E-state index in [-0.39, 0.29) is 17.2 Å². The number of carboxylic acids is 1. The third kappa shape index (κ3) is 2.56. The normalized spacial score (nSPS) is 10.1. The second-order valence-electron chi connectivity index (χ2n) is 3.75. The number of nitro benzene ring substituents is 1. The minimum absolute atomic E-state index is 0.161. The minimum atomic E-state index is -1.52. The number of hydrogen-bond acceptors (Lipinski definition) is 4. The van der Waals surface area contributed by atoms with Gasteiger partial charge in [-0.25, -0.2) is 9.18 Å². The molecule has 0 bridgehead atoms. The molecule has 102 valence electrons. The molecule has 0 heterocycles. The highest BCUT2D eigenvalue weighted by atomic mass is 19.1. The first kappa shape index (κ1) is 13.5. The molecule has 0 aliphatic heterocycles. The Balaban J connectivity index is 2.49. The van der Waals surface area contributed by atoms with Gasteiger partial charge in [0.05, 0.1) is 4.92 Å². The zero-order valence-corrected chi connectivity index (χ0v) is 9.95. The van der Waals surface area contributed by atoms with Crippen LogP contribution in [0.15, 0.2) is 42.5 Å². The summed E-state index contributed by atoms with van der Waals surface area (Å²) in [5.41, 5.74) is -1.02. The first-order chi connectivity index (χ1) is 9.50. The number of benzene rings is 2. The lowest BCUT2D eigenvalue weighted by molar-refractivity contribution is -0.385. The minimum Gasteiger partial charge on any atom is -0.477 e. The third-order valence-electron chi connectivity index (χ3n) is 2.47. The van der Waals surface area contributed by atoms with Crippen LogP contribution < -0.4 is 4.74 Å². The van der Waals surface area contributed by atoms with Gasteiger partial charge in [0.1, 0.15) is 17.1 Å². The van der Waals surface area contributed by atoms with Crippen LogP contribution in [0.4, 0.5) is 10.1 Å². The summed E-state index contributed by atoms with van der Waals surface area (Å²) in [5.74, 6) is -2.96. The van der Waals surface area contributed by atoms with Crippen molar-refractivity contribution in [2.45, 2.75) is 0 Å². The lowest BCUT2D eigenvalue weighted by atomic mass is 10.2. The summed E-state index contributed by atoms with van der Waals surface area (Å²) in [4.78, 5) is 21.2. The summed E-state index contributed by atoms with van der Waals surface area (Å²) in [6, 6.07) is 8.88. The maximum atomic E-state index is 13.5. The molecule has 2 aromatic carbocycles. The Morgan fingerprint density at radius 2 is 1.80 bits per heavy atom. The molecule has 0 saturated carbocycles. The van der Waals surface area contributed by atoms with Crippen LogP contribution in [0.3, 0.4) is 0 Å². The molecule has 2 aromatic rings. The lowest BCUT2D eigenvalue weighted by Gasteiger charge is -2.09. The fourth-order valence-corrected chi connectivity index (χ4v) is 1.61. The van der Waals surface area contributed by atoms with E-state index in [4.69, 9.17) is 9.84 Å². The summed E-state index contributed by atoms with van der Waals surface area (Å²) < 4.78 is 18.6. The Morgan fingerprint density at radius 1 is 1.15 bits per heavy atom. The van der Waals surface area contributed by atoms with E-state index in [2.05, 4.69) is 0 Å². The third-order valence-corrected chi connectivity index (χ3v) is 2.47. The van der Waals surface area contributed by atoms with Crippen LogP contribution in [0.2, 0.25) is 0 Å². The van der Waals surface area contributed by atoms with Crippen molar-refractivity contribution < 1.29 is 24.0 Å². The molecule has 0 atom stereocenters. The number of halogens is 1. The number of para-hydroxylation sites is 2. The molecule has 0 unspecified atom stereocenters. The number of carbonyl (C=O) groups is 1. The van der Waals surface area contributed by atoms with Gasteiger partial charge in [-0.3, -0.25) is 10.1 Å².